The van der Waals surface area contributed by atoms with Gasteiger partial charge in [0.2, 0.25) is 0 Å². The van der Waals surface area contributed by atoms with Crippen molar-refractivity contribution in [2.24, 2.45) is 0 Å². The van der Waals surface area contributed by atoms with Crippen molar-refractivity contribution in [3.8, 4) is 17.2 Å². The largest absolute Gasteiger partial charge is 0.496 e. The lowest BCUT2D eigenvalue weighted by Gasteiger charge is -2.36. The second-order valence-electron chi connectivity index (χ2n) is 6.46. The van der Waals surface area contributed by atoms with Gasteiger partial charge in [0, 0.05) is 37.3 Å². The molecule has 6 nitrogen and oxygen atoms in total. The van der Waals surface area contributed by atoms with Crippen molar-refractivity contribution in [1.29, 1.82) is 0 Å². The van der Waals surface area contributed by atoms with Gasteiger partial charge in [-0.3, -0.25) is 4.79 Å². The molecule has 0 saturated carbocycles. The standard InChI is InChI=1S/C21H26N2O4/c1-15-19(26-3)13-16(14-20(15)27-4)21(24)23-11-9-22(10-12-23)17-7-5-6-8-18(17)25-2/h5-8,13-14H,9-12H2,1-4H3. The lowest BCUT2D eigenvalue weighted by molar-refractivity contribution is 0.0746. The van der Waals surface area contributed by atoms with E-state index >= 15 is 0 Å². The Morgan fingerprint density at radius 2 is 1.41 bits per heavy atom. The quantitative estimate of drug-likeness (QED) is 0.810. The monoisotopic (exact) mass is 370 g/mol. The van der Waals surface area contributed by atoms with E-state index in [0.29, 0.717) is 30.2 Å². The summed E-state index contributed by atoms with van der Waals surface area (Å²) in [5.74, 6) is 2.16. The van der Waals surface area contributed by atoms with Crippen LogP contribution in [0.3, 0.4) is 0 Å². The van der Waals surface area contributed by atoms with Crippen molar-refractivity contribution in [2.75, 3.05) is 52.4 Å². The molecule has 1 fully saturated rings. The molecule has 1 saturated heterocycles. The smallest absolute Gasteiger partial charge is 0.254 e. The first-order chi connectivity index (χ1) is 13.1. The van der Waals surface area contributed by atoms with Gasteiger partial charge in [0.05, 0.1) is 27.0 Å². The maximum absolute atomic E-state index is 13.0. The van der Waals surface area contributed by atoms with Crippen molar-refractivity contribution in [3.05, 3.63) is 47.5 Å². The van der Waals surface area contributed by atoms with Gasteiger partial charge in [-0.05, 0) is 31.2 Å². The van der Waals surface area contributed by atoms with Crippen LogP contribution < -0.4 is 19.1 Å². The van der Waals surface area contributed by atoms with Crippen molar-refractivity contribution >= 4 is 11.6 Å². The molecular weight excluding hydrogens is 344 g/mol. The van der Waals surface area contributed by atoms with Gasteiger partial charge in [-0.15, -0.1) is 0 Å². The van der Waals surface area contributed by atoms with E-state index in [1.807, 2.05) is 36.1 Å². The summed E-state index contributed by atoms with van der Waals surface area (Å²) in [6.07, 6.45) is 0. The van der Waals surface area contributed by atoms with Crippen LogP contribution in [0.4, 0.5) is 5.69 Å². The topological polar surface area (TPSA) is 51.2 Å². The van der Waals surface area contributed by atoms with E-state index in [1.165, 1.54) is 0 Å². The van der Waals surface area contributed by atoms with Gasteiger partial charge in [-0.1, -0.05) is 12.1 Å². The summed E-state index contributed by atoms with van der Waals surface area (Å²) in [5, 5.41) is 0. The third-order valence-electron chi connectivity index (χ3n) is 4.99. The van der Waals surface area contributed by atoms with Gasteiger partial charge in [0.15, 0.2) is 0 Å². The van der Waals surface area contributed by atoms with E-state index in [4.69, 9.17) is 14.2 Å². The summed E-state index contributed by atoms with van der Waals surface area (Å²) in [4.78, 5) is 17.1. The minimum Gasteiger partial charge on any atom is -0.496 e. The van der Waals surface area contributed by atoms with Crippen LogP contribution in [0.2, 0.25) is 0 Å². The summed E-state index contributed by atoms with van der Waals surface area (Å²) in [6, 6.07) is 11.5. The number of para-hydroxylation sites is 2. The molecule has 0 spiro atoms. The number of hydrogen-bond acceptors (Lipinski definition) is 5. The molecule has 1 heterocycles. The third-order valence-corrected chi connectivity index (χ3v) is 4.99. The van der Waals surface area contributed by atoms with E-state index in [2.05, 4.69) is 4.90 Å². The second kappa shape index (κ2) is 8.20. The highest BCUT2D eigenvalue weighted by molar-refractivity contribution is 5.95. The molecule has 1 aliphatic rings. The van der Waals surface area contributed by atoms with Crippen molar-refractivity contribution < 1.29 is 19.0 Å². The lowest BCUT2D eigenvalue weighted by Crippen LogP contribution is -2.48. The molecule has 0 unspecified atom stereocenters. The second-order valence-corrected chi connectivity index (χ2v) is 6.46. The summed E-state index contributed by atoms with van der Waals surface area (Å²) in [5.41, 5.74) is 2.53. The summed E-state index contributed by atoms with van der Waals surface area (Å²) in [7, 11) is 4.88. The molecule has 0 radical (unpaired) electrons. The molecule has 6 heteroatoms. The highest BCUT2D eigenvalue weighted by Crippen LogP contribution is 2.31. The fourth-order valence-corrected chi connectivity index (χ4v) is 3.43. The zero-order valence-corrected chi connectivity index (χ0v) is 16.3. The predicted molar refractivity (Wildman–Crippen MR) is 105 cm³/mol. The van der Waals surface area contributed by atoms with E-state index in [-0.39, 0.29) is 5.91 Å². The zero-order valence-electron chi connectivity index (χ0n) is 16.3. The molecule has 2 aromatic carbocycles. The van der Waals surface area contributed by atoms with Crippen LogP contribution in [0.1, 0.15) is 15.9 Å². The molecule has 0 atom stereocenters. The minimum absolute atomic E-state index is 0.00808. The van der Waals surface area contributed by atoms with Crippen LogP contribution in [0.25, 0.3) is 0 Å². The first-order valence-electron chi connectivity index (χ1n) is 8.99. The highest BCUT2D eigenvalue weighted by atomic mass is 16.5. The average molecular weight is 370 g/mol. The Labute approximate surface area is 160 Å². The number of carbonyl (C=O) groups excluding carboxylic acids is 1. The maximum Gasteiger partial charge on any atom is 0.254 e. The SMILES string of the molecule is COc1ccccc1N1CCN(C(=O)c2cc(OC)c(C)c(OC)c2)CC1. The molecule has 0 N–H and O–H groups in total. The third kappa shape index (κ3) is 3.79. The lowest BCUT2D eigenvalue weighted by atomic mass is 10.1. The molecule has 3 rings (SSSR count). The summed E-state index contributed by atoms with van der Waals surface area (Å²) >= 11 is 0. The molecule has 0 aromatic heterocycles. The molecule has 0 bridgehead atoms. The Balaban J connectivity index is 1.74. The Morgan fingerprint density at radius 3 is 1.96 bits per heavy atom. The van der Waals surface area contributed by atoms with Crippen LogP contribution in [-0.2, 0) is 0 Å². The molecule has 1 aliphatic heterocycles. The van der Waals surface area contributed by atoms with E-state index < -0.39 is 0 Å². The minimum atomic E-state index is -0.00808. The number of anilines is 1. The van der Waals surface area contributed by atoms with Crippen LogP contribution in [0.5, 0.6) is 17.2 Å². The van der Waals surface area contributed by atoms with Crippen molar-refractivity contribution in [2.45, 2.75) is 6.92 Å². The molecular formula is C21H26N2O4. The summed E-state index contributed by atoms with van der Waals surface area (Å²) < 4.78 is 16.2. The number of methoxy groups -OCH3 is 3. The number of hydrogen-bond donors (Lipinski definition) is 0. The van der Waals surface area contributed by atoms with Crippen LogP contribution in [-0.4, -0.2) is 58.3 Å². The Hall–Kier alpha value is -2.89. The normalized spacial score (nSPS) is 14.1. The highest BCUT2D eigenvalue weighted by Gasteiger charge is 2.25. The van der Waals surface area contributed by atoms with Gasteiger partial charge < -0.3 is 24.0 Å². The Kier molecular flexibility index (Phi) is 5.74. The Morgan fingerprint density at radius 1 is 0.852 bits per heavy atom. The molecule has 144 valence electrons. The average Bonchev–Trinajstić information content (AvgIpc) is 2.73. The van der Waals surface area contributed by atoms with E-state index in [1.54, 1.807) is 33.5 Å². The fourth-order valence-electron chi connectivity index (χ4n) is 3.43. The van der Waals surface area contributed by atoms with E-state index in [0.717, 1.165) is 30.1 Å². The summed E-state index contributed by atoms with van der Waals surface area (Å²) in [6.45, 7) is 4.72. The van der Waals surface area contributed by atoms with Gasteiger partial charge in [0.25, 0.3) is 5.91 Å². The number of amides is 1. The fraction of sp³-hybridized carbons (Fsp3) is 0.381. The van der Waals surface area contributed by atoms with Gasteiger partial charge in [-0.2, -0.15) is 0 Å². The molecule has 1 amide bonds. The van der Waals surface area contributed by atoms with E-state index in [9.17, 15) is 4.79 Å². The van der Waals surface area contributed by atoms with Crippen molar-refractivity contribution in [1.82, 2.24) is 4.90 Å². The first-order valence-corrected chi connectivity index (χ1v) is 8.99. The molecule has 2 aromatic rings. The van der Waals surface area contributed by atoms with Gasteiger partial charge >= 0.3 is 0 Å². The first kappa shape index (κ1) is 18.9. The van der Waals surface area contributed by atoms with Gasteiger partial charge in [-0.25, -0.2) is 0 Å². The number of nitrogens with zero attached hydrogens (tertiary/aromatic N) is 2. The number of piperazine rings is 1. The maximum atomic E-state index is 13.0. The van der Waals surface area contributed by atoms with Crippen molar-refractivity contribution in [3.63, 3.8) is 0 Å². The van der Waals surface area contributed by atoms with Gasteiger partial charge in [0.1, 0.15) is 17.2 Å². The van der Waals surface area contributed by atoms with Crippen LogP contribution >= 0.6 is 0 Å². The number of benzene rings is 2. The van der Waals surface area contributed by atoms with Crippen LogP contribution in [0, 0.1) is 6.92 Å². The predicted octanol–water partition coefficient (Wildman–Crippen LogP) is 2.98. The Bertz CT molecular complexity index is 789. The number of ether oxygens (including phenoxy) is 3. The number of carbonyl (C=O) groups is 1. The molecule has 0 aliphatic carbocycles. The molecule has 27 heavy (non-hydrogen) atoms. The zero-order chi connectivity index (χ0) is 19.4. The number of rotatable bonds is 5. The van der Waals surface area contributed by atoms with Crippen LogP contribution in [0.15, 0.2) is 36.4 Å².